The molecule has 0 aliphatic carbocycles. The first-order valence-corrected chi connectivity index (χ1v) is 24.5. The molecule has 69 heavy (non-hydrogen) atoms. The van der Waals surface area contributed by atoms with Crippen molar-refractivity contribution >= 4 is 40.5 Å². The van der Waals surface area contributed by atoms with E-state index in [-0.39, 0.29) is 48.7 Å². The van der Waals surface area contributed by atoms with Gasteiger partial charge in [0.2, 0.25) is 17.7 Å². The lowest BCUT2D eigenvalue weighted by Gasteiger charge is -2.37. The van der Waals surface area contributed by atoms with E-state index >= 15 is 0 Å². The molecule has 15 heteroatoms. The summed E-state index contributed by atoms with van der Waals surface area (Å²) in [5.41, 5.74) is 10.5. The Labute approximate surface area is 407 Å². The van der Waals surface area contributed by atoms with Crippen LogP contribution in [0.25, 0.3) is 33.3 Å². The molecule has 2 aromatic heterocycles. The number of esters is 1. The quantitative estimate of drug-likeness (QED) is 0.124. The largest absolute Gasteiger partial charge is 0.464 e. The van der Waals surface area contributed by atoms with Crippen molar-refractivity contribution in [1.82, 2.24) is 40.0 Å². The molecule has 0 saturated carbocycles. The molecule has 2 saturated heterocycles. The van der Waals surface area contributed by atoms with Crippen molar-refractivity contribution in [2.45, 2.75) is 104 Å². The molecule has 3 aliphatic rings. The number of nitrogens with one attached hydrogen (secondary N) is 2. The molecular weight excluding hydrogens is 873 g/mol. The minimum Gasteiger partial charge on any atom is -0.464 e. The number of ether oxygens (including phenoxy) is 2. The third-order valence-corrected chi connectivity index (χ3v) is 14.0. The second-order valence-electron chi connectivity index (χ2n) is 20.4. The Kier molecular flexibility index (Phi) is 16.1. The summed E-state index contributed by atoms with van der Waals surface area (Å²) in [7, 11) is 6.76. The van der Waals surface area contributed by atoms with E-state index in [1.807, 2.05) is 45.0 Å². The van der Waals surface area contributed by atoms with E-state index in [1.54, 1.807) is 34.4 Å². The van der Waals surface area contributed by atoms with E-state index in [2.05, 4.69) is 77.4 Å². The number of aromatic nitrogens is 2. The summed E-state index contributed by atoms with van der Waals surface area (Å²) in [6, 6.07) is 16.0. The van der Waals surface area contributed by atoms with Crippen molar-refractivity contribution in [3.8, 4) is 22.4 Å². The van der Waals surface area contributed by atoms with Gasteiger partial charge in [-0.1, -0.05) is 64.1 Å². The Balaban J connectivity index is 1.23. The second kappa shape index (κ2) is 21.8. The molecule has 5 atom stereocenters. The van der Waals surface area contributed by atoms with Gasteiger partial charge in [0.15, 0.2) is 0 Å². The molecule has 0 radical (unpaired) electrons. The normalized spacial score (nSPS) is 21.0. The predicted molar refractivity (Wildman–Crippen MR) is 267 cm³/mol. The standard InChI is InChI=1S/C54H72N8O7/c1-11-61-45-22-21-38-30-41(45)42(49(61)40-18-13-24-55-47(40)35(4)68-10)31-54(5,6)33-69-53(67)43-19-14-26-62(57-43)52(66)44(29-36-16-12-17-37(38)28-36)56-50(64)48(34(2)3)59(9)51(65)39-23-27-60(32-39)25-15-20-46(63)58(7)8/h12-13,15-18,20-22,24,28,30,34-35,39,43-44,48,57H,11,14,19,23,25-27,29,31-33H2,1-10H3,(H,56,64)/b20-15+/t35-,39-,43-,44-,48-/m0/s1. The van der Waals surface area contributed by atoms with Crippen molar-refractivity contribution in [1.29, 1.82) is 0 Å². The molecular formula is C54H72N8O7. The van der Waals surface area contributed by atoms with Crippen LogP contribution in [0.5, 0.6) is 0 Å². The van der Waals surface area contributed by atoms with Gasteiger partial charge in [-0.05, 0) is 98.5 Å². The number of nitrogens with zero attached hydrogens (tertiary/aromatic N) is 6. The van der Waals surface area contributed by atoms with Gasteiger partial charge in [0.05, 0.1) is 30.0 Å². The van der Waals surface area contributed by atoms with Gasteiger partial charge in [0.1, 0.15) is 18.1 Å². The highest BCUT2D eigenvalue weighted by Crippen LogP contribution is 2.42. The fourth-order valence-corrected chi connectivity index (χ4v) is 10.2. The number of fused-ring (bicyclic) bond motifs is 6. The number of likely N-dealkylation sites (tertiary alicyclic amines) is 1. The Bertz CT molecular complexity index is 2570. The molecule has 15 nitrogen and oxygen atoms in total. The first-order valence-electron chi connectivity index (χ1n) is 24.5. The van der Waals surface area contributed by atoms with Crippen molar-refractivity contribution in [2.24, 2.45) is 17.3 Å². The Morgan fingerprint density at radius 1 is 1.01 bits per heavy atom. The second-order valence-corrected chi connectivity index (χ2v) is 20.4. The van der Waals surface area contributed by atoms with Gasteiger partial charge in [0, 0.05) is 95.0 Å². The van der Waals surface area contributed by atoms with Gasteiger partial charge in [-0.15, -0.1) is 0 Å². The molecule has 2 aromatic carbocycles. The topological polar surface area (TPSA) is 159 Å². The average molecular weight is 945 g/mol. The van der Waals surface area contributed by atoms with Gasteiger partial charge >= 0.3 is 5.97 Å². The minimum atomic E-state index is -1.03. The van der Waals surface area contributed by atoms with Crippen LogP contribution in [0.15, 0.2) is 72.9 Å². The lowest BCUT2D eigenvalue weighted by Crippen LogP contribution is -2.62. The van der Waals surface area contributed by atoms with Crippen LogP contribution in [-0.4, -0.2) is 138 Å². The predicted octanol–water partition coefficient (Wildman–Crippen LogP) is 6.20. The van der Waals surface area contributed by atoms with Crippen LogP contribution in [0, 0.1) is 17.3 Å². The third-order valence-electron chi connectivity index (χ3n) is 14.0. The van der Waals surface area contributed by atoms with Crippen LogP contribution in [0.3, 0.4) is 0 Å². The number of carbonyl (C=O) groups is 5. The van der Waals surface area contributed by atoms with E-state index in [0.717, 1.165) is 50.1 Å². The summed E-state index contributed by atoms with van der Waals surface area (Å²) in [5, 5.41) is 5.64. The first-order chi connectivity index (χ1) is 32.9. The lowest BCUT2D eigenvalue weighted by molar-refractivity contribution is -0.155. The number of likely N-dealkylation sites (N-methyl/N-ethyl adjacent to an activating group) is 2. The molecule has 7 rings (SSSR count). The van der Waals surface area contributed by atoms with Crippen LogP contribution in [0.2, 0.25) is 0 Å². The summed E-state index contributed by atoms with van der Waals surface area (Å²) >= 11 is 0. The number of cyclic esters (lactones) is 1. The van der Waals surface area contributed by atoms with Gasteiger partial charge < -0.3 is 29.2 Å². The highest BCUT2D eigenvalue weighted by Gasteiger charge is 2.40. The molecule has 0 unspecified atom stereocenters. The summed E-state index contributed by atoms with van der Waals surface area (Å²) in [4.78, 5) is 79.5. The lowest BCUT2D eigenvalue weighted by atomic mass is 9.84. The number of methoxy groups -OCH3 is 1. The number of hydrogen-bond acceptors (Lipinski definition) is 10. The Morgan fingerprint density at radius 2 is 1.78 bits per heavy atom. The number of pyridine rings is 1. The van der Waals surface area contributed by atoms with E-state index in [9.17, 15) is 24.0 Å². The molecule has 370 valence electrons. The monoisotopic (exact) mass is 945 g/mol. The van der Waals surface area contributed by atoms with Crippen LogP contribution < -0.4 is 10.7 Å². The Hall–Kier alpha value is -5.90. The zero-order chi connectivity index (χ0) is 49.7. The molecule has 6 bridgehead atoms. The van der Waals surface area contributed by atoms with Crippen LogP contribution in [0.4, 0.5) is 0 Å². The number of aryl methyl sites for hydroxylation is 1. The summed E-state index contributed by atoms with van der Waals surface area (Å²) in [6.45, 7) is 15.1. The Morgan fingerprint density at radius 3 is 2.51 bits per heavy atom. The average Bonchev–Trinajstić information content (AvgIpc) is 3.93. The molecule has 0 spiro atoms. The number of hydrazine groups is 1. The number of rotatable bonds is 12. The molecule has 4 aromatic rings. The maximum Gasteiger partial charge on any atom is 0.324 e. The molecule has 5 heterocycles. The van der Waals surface area contributed by atoms with Crippen LogP contribution >= 0.6 is 0 Å². The third kappa shape index (κ3) is 11.4. The van der Waals surface area contributed by atoms with E-state index in [1.165, 1.54) is 20.9 Å². The molecule has 2 N–H and O–H groups in total. The first kappa shape index (κ1) is 51.0. The maximum absolute atomic E-state index is 14.8. The highest BCUT2D eigenvalue weighted by atomic mass is 16.5. The summed E-state index contributed by atoms with van der Waals surface area (Å²) < 4.78 is 14.3. The van der Waals surface area contributed by atoms with Crippen molar-refractivity contribution in [3.05, 3.63) is 89.8 Å². The molecule has 2 fully saturated rings. The van der Waals surface area contributed by atoms with Gasteiger partial charge in [0.25, 0.3) is 5.91 Å². The zero-order valence-electron chi connectivity index (χ0n) is 42.2. The van der Waals surface area contributed by atoms with Crippen LogP contribution in [-0.2, 0) is 52.8 Å². The van der Waals surface area contributed by atoms with Gasteiger partial charge in [-0.2, -0.15) is 0 Å². The summed E-state index contributed by atoms with van der Waals surface area (Å²) in [5.74, 6) is -2.10. The number of carbonyl (C=O) groups excluding carboxylic acids is 5. The molecule has 4 amide bonds. The van der Waals surface area contributed by atoms with Gasteiger partial charge in [-0.25, -0.2) is 5.43 Å². The zero-order valence-corrected chi connectivity index (χ0v) is 42.2. The van der Waals surface area contributed by atoms with E-state index in [0.29, 0.717) is 58.4 Å². The molecule has 3 aliphatic heterocycles. The SMILES string of the molecule is CCn1c(-c2cccnc2[C@H](C)OC)c2c3cc(ccc31)-c1cccc(c1)C[C@H](NC(=O)[C@H](C(C)C)N(C)C(=O)[C@H]1CCN(C/C=C/C(=O)N(C)C)C1)C(=O)N1CCC[C@H](N1)C(=O)OCC(C)(C)C2. The maximum atomic E-state index is 14.8. The fourth-order valence-electron chi connectivity index (χ4n) is 10.2. The van der Waals surface area contributed by atoms with E-state index < -0.39 is 35.4 Å². The van der Waals surface area contributed by atoms with E-state index in [4.69, 9.17) is 14.5 Å². The number of hydrogen-bond donors (Lipinski definition) is 2. The fraction of sp³-hybridized carbons (Fsp3) is 0.519. The smallest absolute Gasteiger partial charge is 0.324 e. The minimum absolute atomic E-state index is 0.100. The number of benzene rings is 2. The highest BCUT2D eigenvalue weighted by molar-refractivity contribution is 5.96. The van der Waals surface area contributed by atoms with Crippen molar-refractivity contribution in [3.63, 3.8) is 0 Å². The van der Waals surface area contributed by atoms with Crippen molar-refractivity contribution in [2.75, 3.05) is 61.0 Å². The van der Waals surface area contributed by atoms with Gasteiger partial charge in [-0.3, -0.25) is 38.9 Å². The number of amides is 4. The van der Waals surface area contributed by atoms with Crippen LogP contribution in [0.1, 0.15) is 83.7 Å². The van der Waals surface area contributed by atoms with Crippen molar-refractivity contribution < 1.29 is 33.4 Å². The summed E-state index contributed by atoms with van der Waals surface area (Å²) in [6.07, 6.45) is 7.32.